The van der Waals surface area contributed by atoms with E-state index in [1.54, 1.807) is 0 Å². The van der Waals surface area contributed by atoms with E-state index >= 15 is 0 Å². The lowest BCUT2D eigenvalue weighted by Gasteiger charge is -2.18. The maximum Gasteiger partial charge on any atom is 0.394 e. The predicted octanol–water partition coefficient (Wildman–Crippen LogP) is 1.71. The van der Waals surface area contributed by atoms with Crippen LogP contribution in [0.1, 0.15) is 20.3 Å². The Morgan fingerprint density at radius 1 is 1.36 bits per heavy atom. The molecule has 128 valence electrons. The predicted molar refractivity (Wildman–Crippen MR) is 71.3 cm³/mol. The van der Waals surface area contributed by atoms with Crippen molar-refractivity contribution in [1.29, 1.82) is 0 Å². The zero-order valence-electron chi connectivity index (χ0n) is 12.5. The maximum atomic E-state index is 12.8. The molecular weight excluding hydrogens is 305 g/mol. The highest BCUT2D eigenvalue weighted by Crippen LogP contribution is 2.37. The molecule has 6 nitrogen and oxygen atoms in total. The quantitative estimate of drug-likeness (QED) is 0.728. The summed E-state index contributed by atoms with van der Waals surface area (Å²) in [6.45, 7) is 3.36. The van der Waals surface area contributed by atoms with Crippen LogP contribution in [0.15, 0.2) is 0 Å². The minimum atomic E-state index is -4.64. The second kappa shape index (κ2) is 7.66. The lowest BCUT2D eigenvalue weighted by atomic mass is 9.96. The van der Waals surface area contributed by atoms with Crippen molar-refractivity contribution in [2.45, 2.75) is 32.5 Å². The zero-order valence-corrected chi connectivity index (χ0v) is 12.5. The number of alkyl halides is 3. The van der Waals surface area contributed by atoms with Crippen LogP contribution < -0.4 is 5.32 Å². The largest absolute Gasteiger partial charge is 0.481 e. The van der Waals surface area contributed by atoms with E-state index in [0.717, 1.165) is 4.90 Å². The van der Waals surface area contributed by atoms with Gasteiger partial charge in [-0.05, 0) is 20.3 Å². The van der Waals surface area contributed by atoms with Gasteiger partial charge in [0.25, 0.3) is 0 Å². The number of rotatable bonds is 6. The summed E-state index contributed by atoms with van der Waals surface area (Å²) in [5, 5.41) is 11.3. The van der Waals surface area contributed by atoms with Gasteiger partial charge in [0.05, 0.1) is 17.9 Å². The number of carbonyl (C=O) groups is 2. The SMILES string of the molecule is CC(C)OCCCNC(=O)N1C[C@@H](C(F)(F)F)[C@H](C(=O)O)C1. The molecule has 2 atom stereocenters. The molecule has 1 rings (SSSR count). The standard InChI is InChI=1S/C13H21F3N2O4/c1-8(2)22-5-3-4-17-12(21)18-6-9(11(19)20)10(7-18)13(14,15)16/h8-10H,3-7H2,1-2H3,(H,17,21)(H,19,20)/t9-,10-/m1/s1. The minimum Gasteiger partial charge on any atom is -0.481 e. The van der Waals surface area contributed by atoms with E-state index in [-0.39, 0.29) is 12.6 Å². The fourth-order valence-corrected chi connectivity index (χ4v) is 2.25. The highest BCUT2D eigenvalue weighted by molar-refractivity contribution is 5.77. The molecule has 9 heteroatoms. The number of carboxylic acid groups (broad SMARTS) is 1. The summed E-state index contributed by atoms with van der Waals surface area (Å²) < 4.78 is 43.7. The molecular formula is C13H21F3N2O4. The number of hydrogen-bond donors (Lipinski definition) is 2. The molecule has 22 heavy (non-hydrogen) atoms. The summed E-state index contributed by atoms with van der Waals surface area (Å²) in [6, 6.07) is -0.678. The molecule has 0 aromatic heterocycles. The monoisotopic (exact) mass is 326 g/mol. The number of likely N-dealkylation sites (tertiary alicyclic amines) is 1. The molecule has 0 aliphatic carbocycles. The van der Waals surface area contributed by atoms with E-state index in [9.17, 15) is 22.8 Å². The second-order valence-electron chi connectivity index (χ2n) is 5.50. The van der Waals surface area contributed by atoms with Gasteiger partial charge < -0.3 is 20.1 Å². The Kier molecular flexibility index (Phi) is 6.46. The molecule has 0 aromatic carbocycles. The van der Waals surface area contributed by atoms with Crippen LogP contribution in [0.25, 0.3) is 0 Å². The number of nitrogens with zero attached hydrogens (tertiary/aromatic N) is 1. The van der Waals surface area contributed by atoms with Gasteiger partial charge in [-0.2, -0.15) is 13.2 Å². The molecule has 0 saturated carbocycles. The molecule has 0 bridgehead atoms. The van der Waals surface area contributed by atoms with Gasteiger partial charge >= 0.3 is 18.2 Å². The van der Waals surface area contributed by atoms with Crippen LogP contribution in [0, 0.1) is 11.8 Å². The highest BCUT2D eigenvalue weighted by atomic mass is 19.4. The number of urea groups is 1. The number of halogens is 3. The number of aliphatic carboxylic acids is 1. The van der Waals surface area contributed by atoms with Crippen molar-refractivity contribution in [2.24, 2.45) is 11.8 Å². The van der Waals surface area contributed by atoms with Crippen LogP contribution in [-0.4, -0.2) is 60.5 Å². The Morgan fingerprint density at radius 3 is 2.45 bits per heavy atom. The Morgan fingerprint density at radius 2 is 2.00 bits per heavy atom. The smallest absolute Gasteiger partial charge is 0.394 e. The fourth-order valence-electron chi connectivity index (χ4n) is 2.25. The molecule has 1 aliphatic rings. The van der Waals surface area contributed by atoms with Crippen molar-refractivity contribution in [3.05, 3.63) is 0 Å². The summed E-state index contributed by atoms with van der Waals surface area (Å²) >= 11 is 0. The topological polar surface area (TPSA) is 78.9 Å². The van der Waals surface area contributed by atoms with Gasteiger partial charge in [0.15, 0.2) is 0 Å². The van der Waals surface area contributed by atoms with Crippen LogP contribution in [-0.2, 0) is 9.53 Å². The first-order chi connectivity index (χ1) is 10.1. The van der Waals surface area contributed by atoms with Crippen molar-refractivity contribution in [3.63, 3.8) is 0 Å². The fraction of sp³-hybridized carbons (Fsp3) is 0.846. The van der Waals surface area contributed by atoms with E-state index in [1.165, 1.54) is 0 Å². The normalized spacial score (nSPS) is 22.2. The molecule has 0 unspecified atom stereocenters. The third-order valence-corrected chi connectivity index (χ3v) is 3.39. The van der Waals surface area contributed by atoms with Gasteiger partial charge in [0.2, 0.25) is 0 Å². The Balaban J connectivity index is 2.45. The molecule has 0 aromatic rings. The van der Waals surface area contributed by atoms with E-state index in [2.05, 4.69) is 5.32 Å². The molecule has 1 heterocycles. The van der Waals surface area contributed by atoms with Gasteiger partial charge in [0.1, 0.15) is 0 Å². The van der Waals surface area contributed by atoms with Crippen LogP contribution in [0.3, 0.4) is 0 Å². The number of hydrogen-bond acceptors (Lipinski definition) is 3. The summed E-state index contributed by atoms with van der Waals surface area (Å²) in [4.78, 5) is 23.6. The highest BCUT2D eigenvalue weighted by Gasteiger charge is 2.53. The van der Waals surface area contributed by atoms with Crippen LogP contribution >= 0.6 is 0 Å². The lowest BCUT2D eigenvalue weighted by Crippen LogP contribution is -2.40. The summed E-state index contributed by atoms with van der Waals surface area (Å²) in [5.74, 6) is -5.18. The summed E-state index contributed by atoms with van der Waals surface area (Å²) in [5.41, 5.74) is 0. The Labute approximate surface area is 126 Å². The number of carbonyl (C=O) groups excluding carboxylic acids is 1. The second-order valence-corrected chi connectivity index (χ2v) is 5.50. The molecule has 2 N–H and O–H groups in total. The molecule has 0 spiro atoms. The summed E-state index contributed by atoms with van der Waals surface area (Å²) in [7, 11) is 0. The zero-order chi connectivity index (χ0) is 16.9. The van der Waals surface area contributed by atoms with Gasteiger partial charge in [-0.25, -0.2) is 4.79 Å². The van der Waals surface area contributed by atoms with Crippen molar-refractivity contribution in [3.8, 4) is 0 Å². The van der Waals surface area contributed by atoms with E-state index in [1.807, 2.05) is 13.8 Å². The average molecular weight is 326 g/mol. The summed E-state index contributed by atoms with van der Waals surface area (Å²) in [6.07, 6.45) is -4.04. The Bertz CT molecular complexity index is 401. The minimum absolute atomic E-state index is 0.0677. The number of ether oxygens (including phenoxy) is 1. The van der Waals surface area contributed by atoms with E-state index in [4.69, 9.17) is 9.84 Å². The van der Waals surface area contributed by atoms with Crippen LogP contribution in [0.5, 0.6) is 0 Å². The number of amides is 2. The first kappa shape index (κ1) is 18.5. The maximum absolute atomic E-state index is 12.8. The van der Waals surface area contributed by atoms with Gasteiger partial charge in [0, 0.05) is 26.2 Å². The number of nitrogens with one attached hydrogen (secondary N) is 1. The third-order valence-electron chi connectivity index (χ3n) is 3.39. The first-order valence-electron chi connectivity index (χ1n) is 7.06. The van der Waals surface area contributed by atoms with Gasteiger partial charge in [-0.1, -0.05) is 0 Å². The molecule has 0 radical (unpaired) electrons. The van der Waals surface area contributed by atoms with E-state index in [0.29, 0.717) is 13.0 Å². The lowest BCUT2D eigenvalue weighted by molar-refractivity contribution is -0.187. The van der Waals surface area contributed by atoms with Crippen molar-refractivity contribution in [1.82, 2.24) is 10.2 Å². The molecule has 1 fully saturated rings. The number of carboxylic acids is 1. The van der Waals surface area contributed by atoms with Gasteiger partial charge in [-0.15, -0.1) is 0 Å². The molecule has 1 saturated heterocycles. The third kappa shape index (κ3) is 5.36. The van der Waals surface area contributed by atoms with Crippen molar-refractivity contribution >= 4 is 12.0 Å². The van der Waals surface area contributed by atoms with Crippen molar-refractivity contribution in [2.75, 3.05) is 26.2 Å². The van der Waals surface area contributed by atoms with Crippen LogP contribution in [0.2, 0.25) is 0 Å². The molecule has 2 amide bonds. The van der Waals surface area contributed by atoms with Gasteiger partial charge in [-0.3, -0.25) is 4.79 Å². The van der Waals surface area contributed by atoms with Crippen LogP contribution in [0.4, 0.5) is 18.0 Å². The first-order valence-corrected chi connectivity index (χ1v) is 7.06. The van der Waals surface area contributed by atoms with E-state index < -0.39 is 43.1 Å². The Hall–Kier alpha value is -1.51. The average Bonchev–Trinajstić information content (AvgIpc) is 2.82. The van der Waals surface area contributed by atoms with Crippen molar-refractivity contribution < 1.29 is 32.6 Å². The molecule has 1 aliphatic heterocycles.